The molecule has 0 bridgehead atoms. The molecule has 0 spiro atoms. The quantitative estimate of drug-likeness (QED) is 0.126. The van der Waals surface area contributed by atoms with E-state index >= 15 is 0 Å². The molecule has 2 aliphatic rings. The van der Waals surface area contributed by atoms with Crippen molar-refractivity contribution in [3.8, 4) is 0 Å². The van der Waals surface area contributed by atoms with E-state index in [2.05, 4.69) is 239 Å². The number of benzene rings is 11. The van der Waals surface area contributed by atoms with Crippen LogP contribution in [0.4, 0.5) is 34.1 Å². The molecule has 11 aromatic rings. The third-order valence-electron chi connectivity index (χ3n) is 14.7. The second-order valence-electron chi connectivity index (χ2n) is 20.5. The average Bonchev–Trinajstić information content (AvgIpc) is 3.33. The van der Waals surface area contributed by atoms with E-state index in [0.29, 0.717) is 0 Å². The molecule has 3 heteroatoms. The molecule has 0 amide bonds. The smallest absolute Gasteiger partial charge is 0.252 e. The van der Waals surface area contributed by atoms with Crippen LogP contribution in [0.15, 0.2) is 188 Å². The van der Waals surface area contributed by atoms with Crippen LogP contribution >= 0.6 is 0 Å². The second kappa shape index (κ2) is 13.6. The van der Waals surface area contributed by atoms with E-state index in [-0.39, 0.29) is 17.5 Å². The van der Waals surface area contributed by atoms with Crippen molar-refractivity contribution < 1.29 is 0 Å². The topological polar surface area (TPSA) is 6.48 Å². The summed E-state index contributed by atoms with van der Waals surface area (Å²) in [5.74, 6) is 0. The normalized spacial score (nSPS) is 13.6. The maximum Gasteiger partial charge on any atom is 0.252 e. The number of hydrogen-bond donors (Lipinski definition) is 0. The van der Waals surface area contributed by atoms with Crippen LogP contribution in [0.5, 0.6) is 0 Å². The van der Waals surface area contributed by atoms with E-state index in [1.54, 1.807) is 0 Å². The Morgan fingerprint density at radius 3 is 0.954 bits per heavy atom. The second-order valence-corrected chi connectivity index (χ2v) is 20.5. The zero-order valence-corrected chi connectivity index (χ0v) is 37.9. The van der Waals surface area contributed by atoms with E-state index in [4.69, 9.17) is 0 Å². The van der Waals surface area contributed by atoms with Gasteiger partial charge in [-0.15, -0.1) is 0 Å². The summed E-state index contributed by atoms with van der Waals surface area (Å²) in [5, 5.41) is 15.4. The SMILES string of the molecule is CC(C)(C)c1ccc2c(c1)B1c3cc(C(C)(C)C)ccc3N(c3ccc4c5ccccc5c5ccccc5c4c3)c3cccc(c31)N2c1ccc2c3ccccc3c3ccccc3c2c1. The largest absolute Gasteiger partial charge is 0.311 e. The Balaban J connectivity index is 1.11. The Labute approximate surface area is 381 Å². The molecule has 2 aliphatic heterocycles. The molecule has 0 saturated heterocycles. The minimum Gasteiger partial charge on any atom is -0.311 e. The van der Waals surface area contributed by atoms with Crippen molar-refractivity contribution >= 4 is 122 Å². The first kappa shape index (κ1) is 38.1. The Morgan fingerprint density at radius 2 is 0.615 bits per heavy atom. The summed E-state index contributed by atoms with van der Waals surface area (Å²) in [6, 6.07) is 71.6. The van der Waals surface area contributed by atoms with Crippen molar-refractivity contribution in [2.75, 3.05) is 9.80 Å². The standard InChI is InChI=1S/C62H49BN2/c1-61(2,3)38-26-32-56-54(34-38)63-55-35-39(62(4,5)6)27-33-57(55)65(41-29-31-51-47-21-10-8-17-43(47)45-19-12-14-23-49(45)53(51)37-41)59-25-15-24-58(60(59)63)64(56)40-28-30-50-46-20-9-7-16-42(46)44-18-11-13-22-48(44)52(50)36-40/h7-37H,1-6H3. The highest BCUT2D eigenvalue weighted by Gasteiger charge is 2.44. The van der Waals surface area contributed by atoms with Gasteiger partial charge in [-0.1, -0.05) is 181 Å². The summed E-state index contributed by atoms with van der Waals surface area (Å²) in [6.07, 6.45) is 0. The van der Waals surface area contributed by atoms with Crippen LogP contribution in [0.3, 0.4) is 0 Å². The predicted molar refractivity (Wildman–Crippen MR) is 283 cm³/mol. The van der Waals surface area contributed by atoms with Gasteiger partial charge in [0.2, 0.25) is 0 Å². The maximum absolute atomic E-state index is 2.57. The van der Waals surface area contributed by atoms with Gasteiger partial charge in [0.1, 0.15) is 0 Å². The predicted octanol–water partition coefficient (Wildman–Crippen LogP) is 15.3. The van der Waals surface area contributed by atoms with Crippen LogP contribution in [-0.4, -0.2) is 6.71 Å². The number of anilines is 6. The summed E-state index contributed by atoms with van der Waals surface area (Å²) < 4.78 is 0. The zero-order chi connectivity index (χ0) is 43.9. The Hall–Kier alpha value is -7.36. The van der Waals surface area contributed by atoms with Crippen molar-refractivity contribution in [2.45, 2.75) is 52.4 Å². The Bertz CT molecular complexity index is 3510. The van der Waals surface area contributed by atoms with Crippen LogP contribution in [-0.2, 0) is 10.8 Å². The molecule has 13 rings (SSSR count). The van der Waals surface area contributed by atoms with Crippen LogP contribution in [0.25, 0.3) is 64.6 Å². The lowest BCUT2D eigenvalue weighted by molar-refractivity contribution is 0.590. The van der Waals surface area contributed by atoms with Gasteiger partial charge >= 0.3 is 0 Å². The first-order valence-electron chi connectivity index (χ1n) is 23.2. The van der Waals surface area contributed by atoms with Crippen molar-refractivity contribution in [1.82, 2.24) is 0 Å². The minimum atomic E-state index is -0.0304. The molecule has 310 valence electrons. The third kappa shape index (κ3) is 5.55. The minimum absolute atomic E-state index is 0.0266. The maximum atomic E-state index is 2.57. The highest BCUT2D eigenvalue weighted by Crippen LogP contribution is 2.48. The lowest BCUT2D eigenvalue weighted by atomic mass is 9.33. The fourth-order valence-corrected chi connectivity index (χ4v) is 11.5. The molecule has 0 aliphatic carbocycles. The molecular weight excluding hydrogens is 784 g/mol. The number of hydrogen-bond acceptors (Lipinski definition) is 2. The highest BCUT2D eigenvalue weighted by molar-refractivity contribution is 7.00. The molecule has 2 nitrogen and oxygen atoms in total. The average molecular weight is 833 g/mol. The van der Waals surface area contributed by atoms with Gasteiger partial charge in [-0.3, -0.25) is 0 Å². The van der Waals surface area contributed by atoms with E-state index in [9.17, 15) is 0 Å². The van der Waals surface area contributed by atoms with Crippen LogP contribution in [0.1, 0.15) is 52.7 Å². The molecule has 65 heavy (non-hydrogen) atoms. The van der Waals surface area contributed by atoms with E-state index in [1.807, 2.05) is 0 Å². The molecule has 0 unspecified atom stereocenters. The Kier molecular flexibility index (Phi) is 7.97. The van der Waals surface area contributed by atoms with Crippen LogP contribution in [0, 0.1) is 0 Å². The monoisotopic (exact) mass is 832 g/mol. The summed E-state index contributed by atoms with van der Waals surface area (Å²) >= 11 is 0. The number of rotatable bonds is 2. The van der Waals surface area contributed by atoms with E-state index in [1.165, 1.54) is 126 Å². The van der Waals surface area contributed by atoms with Crippen LogP contribution < -0.4 is 26.2 Å². The van der Waals surface area contributed by atoms with E-state index < -0.39 is 0 Å². The molecule has 11 aromatic carbocycles. The summed E-state index contributed by atoms with van der Waals surface area (Å²) in [6.45, 7) is 14.1. The first-order chi connectivity index (χ1) is 31.5. The molecule has 0 atom stereocenters. The lowest BCUT2D eigenvalue weighted by Crippen LogP contribution is -2.61. The summed E-state index contributed by atoms with van der Waals surface area (Å²) in [7, 11) is 0. The van der Waals surface area contributed by atoms with Gasteiger partial charge in [0.05, 0.1) is 0 Å². The fourth-order valence-electron chi connectivity index (χ4n) is 11.5. The lowest BCUT2D eigenvalue weighted by Gasteiger charge is -2.45. The van der Waals surface area contributed by atoms with Gasteiger partial charge in [0, 0.05) is 34.1 Å². The van der Waals surface area contributed by atoms with E-state index in [0.717, 1.165) is 0 Å². The van der Waals surface area contributed by atoms with Gasteiger partial charge in [-0.25, -0.2) is 0 Å². The molecule has 0 radical (unpaired) electrons. The first-order valence-corrected chi connectivity index (χ1v) is 23.2. The number of fused-ring (bicyclic) bond motifs is 16. The Morgan fingerprint density at radius 1 is 0.292 bits per heavy atom. The molecule has 2 heterocycles. The summed E-state index contributed by atoms with van der Waals surface area (Å²) in [5.41, 5.74) is 13.9. The molecule has 0 aromatic heterocycles. The third-order valence-corrected chi connectivity index (χ3v) is 14.7. The van der Waals surface area contributed by atoms with Gasteiger partial charge in [-0.2, -0.15) is 0 Å². The molecule has 0 fully saturated rings. The number of nitrogens with zero attached hydrogens (tertiary/aromatic N) is 2. The zero-order valence-electron chi connectivity index (χ0n) is 37.9. The van der Waals surface area contributed by atoms with Crippen LogP contribution in [0.2, 0.25) is 0 Å². The molecular formula is C62H49BN2. The van der Waals surface area contributed by atoms with Crippen molar-refractivity contribution in [3.63, 3.8) is 0 Å². The van der Waals surface area contributed by atoms with Gasteiger partial charge in [-0.05, 0) is 152 Å². The van der Waals surface area contributed by atoms with Crippen molar-refractivity contribution in [3.05, 3.63) is 199 Å². The fraction of sp³-hybridized carbons (Fsp3) is 0.129. The molecule has 0 N–H and O–H groups in total. The summed E-state index contributed by atoms with van der Waals surface area (Å²) in [4.78, 5) is 5.13. The van der Waals surface area contributed by atoms with Gasteiger partial charge in [0.25, 0.3) is 6.71 Å². The van der Waals surface area contributed by atoms with Crippen molar-refractivity contribution in [1.29, 1.82) is 0 Å². The van der Waals surface area contributed by atoms with Gasteiger partial charge < -0.3 is 9.80 Å². The highest BCUT2D eigenvalue weighted by atomic mass is 15.2. The molecule has 0 saturated carbocycles. The van der Waals surface area contributed by atoms with Crippen molar-refractivity contribution in [2.24, 2.45) is 0 Å². The van der Waals surface area contributed by atoms with Gasteiger partial charge in [0.15, 0.2) is 0 Å².